The van der Waals surface area contributed by atoms with Gasteiger partial charge in [-0.15, -0.1) is 0 Å². The van der Waals surface area contributed by atoms with Crippen LogP contribution >= 0.6 is 0 Å². The van der Waals surface area contributed by atoms with Crippen LogP contribution in [0.25, 0.3) is 17.0 Å². The first-order valence-electron chi connectivity index (χ1n) is 9.28. The summed E-state index contributed by atoms with van der Waals surface area (Å²) in [6, 6.07) is 9.64. The molecule has 0 aliphatic heterocycles. The molecule has 0 saturated heterocycles. The number of amides is 1. The monoisotopic (exact) mass is 373 g/mol. The third-order valence-corrected chi connectivity index (χ3v) is 5.01. The number of anilines is 1. The van der Waals surface area contributed by atoms with Gasteiger partial charge >= 0.3 is 0 Å². The minimum atomic E-state index is -0.219. The van der Waals surface area contributed by atoms with Crippen molar-refractivity contribution in [3.05, 3.63) is 65.4 Å². The van der Waals surface area contributed by atoms with Crippen LogP contribution in [0.2, 0.25) is 0 Å². The fraction of sp³-hybridized carbons (Fsp3) is 0.238. The summed E-state index contributed by atoms with van der Waals surface area (Å²) < 4.78 is 7.13. The number of imidazole rings is 1. The van der Waals surface area contributed by atoms with Crippen molar-refractivity contribution < 1.29 is 9.32 Å². The normalized spacial score (nSPS) is 13.8. The molecule has 1 saturated carbocycles. The van der Waals surface area contributed by atoms with Gasteiger partial charge in [0.25, 0.3) is 5.91 Å². The highest BCUT2D eigenvalue weighted by Gasteiger charge is 2.29. The van der Waals surface area contributed by atoms with Gasteiger partial charge in [-0.3, -0.25) is 9.20 Å². The van der Waals surface area contributed by atoms with E-state index in [9.17, 15) is 4.79 Å². The molecule has 1 aliphatic rings. The molecule has 3 heterocycles. The quantitative estimate of drug-likeness (QED) is 0.581. The van der Waals surface area contributed by atoms with Gasteiger partial charge in [0.1, 0.15) is 11.3 Å². The SMILES string of the molecule is Cc1ccn2c(C(=O)Nc3cc(-c4noc(C5CC5)n4)ccc3C)cnc2c1. The van der Waals surface area contributed by atoms with Gasteiger partial charge in [0, 0.05) is 23.4 Å². The van der Waals surface area contributed by atoms with Gasteiger partial charge in [0.15, 0.2) is 0 Å². The maximum Gasteiger partial charge on any atom is 0.274 e. The van der Waals surface area contributed by atoms with Crippen LogP contribution in [0.5, 0.6) is 0 Å². The Kier molecular flexibility index (Phi) is 3.75. The molecular formula is C21H19N5O2. The molecule has 28 heavy (non-hydrogen) atoms. The summed E-state index contributed by atoms with van der Waals surface area (Å²) in [5, 5.41) is 7.07. The van der Waals surface area contributed by atoms with Crippen LogP contribution in [0.15, 0.2) is 47.2 Å². The first-order chi connectivity index (χ1) is 13.6. The number of benzene rings is 1. The lowest BCUT2D eigenvalue weighted by Crippen LogP contribution is -2.15. The smallest absolute Gasteiger partial charge is 0.274 e. The van der Waals surface area contributed by atoms with Crippen LogP contribution in [0, 0.1) is 13.8 Å². The molecule has 1 aromatic carbocycles. The third-order valence-electron chi connectivity index (χ3n) is 5.01. The molecule has 4 aromatic rings. The van der Waals surface area contributed by atoms with E-state index in [0.29, 0.717) is 29.0 Å². The molecule has 0 bridgehead atoms. The number of nitrogens with zero attached hydrogens (tertiary/aromatic N) is 4. The molecule has 0 unspecified atom stereocenters. The van der Waals surface area contributed by atoms with E-state index in [4.69, 9.17) is 4.52 Å². The van der Waals surface area contributed by atoms with E-state index in [1.165, 1.54) is 0 Å². The summed E-state index contributed by atoms with van der Waals surface area (Å²) in [4.78, 5) is 21.7. The Bertz CT molecular complexity index is 1200. The number of hydrogen-bond donors (Lipinski definition) is 1. The van der Waals surface area contributed by atoms with Gasteiger partial charge < -0.3 is 9.84 Å². The zero-order valence-corrected chi connectivity index (χ0v) is 15.6. The average molecular weight is 373 g/mol. The van der Waals surface area contributed by atoms with E-state index in [1.54, 1.807) is 10.6 Å². The lowest BCUT2D eigenvalue weighted by molar-refractivity contribution is 0.102. The van der Waals surface area contributed by atoms with Crippen molar-refractivity contribution in [2.24, 2.45) is 0 Å². The van der Waals surface area contributed by atoms with Crippen molar-refractivity contribution in [1.29, 1.82) is 0 Å². The van der Waals surface area contributed by atoms with E-state index in [2.05, 4.69) is 20.4 Å². The number of rotatable bonds is 4. The van der Waals surface area contributed by atoms with Crippen LogP contribution in [-0.2, 0) is 0 Å². The van der Waals surface area contributed by atoms with Gasteiger partial charge in [-0.25, -0.2) is 4.98 Å². The Balaban J connectivity index is 1.44. The van der Waals surface area contributed by atoms with Crippen LogP contribution in [0.4, 0.5) is 5.69 Å². The van der Waals surface area contributed by atoms with Crippen molar-refractivity contribution >= 4 is 17.2 Å². The van der Waals surface area contributed by atoms with E-state index >= 15 is 0 Å². The summed E-state index contributed by atoms with van der Waals surface area (Å²) in [6.45, 7) is 3.94. The van der Waals surface area contributed by atoms with Gasteiger partial charge in [-0.05, 0) is 56.0 Å². The highest BCUT2D eigenvalue weighted by molar-refractivity contribution is 6.04. The first-order valence-corrected chi connectivity index (χ1v) is 9.28. The van der Waals surface area contributed by atoms with E-state index in [-0.39, 0.29) is 5.91 Å². The number of carbonyl (C=O) groups excluding carboxylic acids is 1. The van der Waals surface area contributed by atoms with Gasteiger partial charge in [-0.2, -0.15) is 4.98 Å². The first kappa shape index (κ1) is 16.7. The summed E-state index contributed by atoms with van der Waals surface area (Å²) in [5.74, 6) is 1.43. The summed E-state index contributed by atoms with van der Waals surface area (Å²) in [7, 11) is 0. The van der Waals surface area contributed by atoms with Gasteiger partial charge in [0.05, 0.1) is 6.20 Å². The van der Waals surface area contributed by atoms with E-state index < -0.39 is 0 Å². The highest BCUT2D eigenvalue weighted by Crippen LogP contribution is 2.39. The second kappa shape index (κ2) is 6.30. The van der Waals surface area contributed by atoms with Gasteiger partial charge in [0.2, 0.25) is 11.7 Å². The lowest BCUT2D eigenvalue weighted by Gasteiger charge is -2.09. The number of aromatic nitrogens is 4. The number of carbonyl (C=O) groups is 1. The summed E-state index contributed by atoms with van der Waals surface area (Å²) >= 11 is 0. The van der Waals surface area contributed by atoms with E-state index in [0.717, 1.165) is 35.2 Å². The number of aryl methyl sites for hydroxylation is 2. The zero-order chi connectivity index (χ0) is 19.3. The standard InChI is InChI=1S/C21H19N5O2/c1-12-7-8-26-17(11-22-18(26)9-12)20(27)23-16-10-15(4-3-13(16)2)19-24-21(28-25-19)14-5-6-14/h3-4,7-11,14H,5-6H2,1-2H3,(H,23,27). The zero-order valence-electron chi connectivity index (χ0n) is 15.6. The Morgan fingerprint density at radius 2 is 2.07 bits per heavy atom. The second-order valence-electron chi connectivity index (χ2n) is 7.29. The molecule has 140 valence electrons. The predicted octanol–water partition coefficient (Wildman–Crippen LogP) is 4.13. The Morgan fingerprint density at radius 1 is 1.21 bits per heavy atom. The average Bonchev–Trinajstić information content (AvgIpc) is 3.26. The number of nitrogens with one attached hydrogen (secondary N) is 1. The molecule has 1 amide bonds. The van der Waals surface area contributed by atoms with Crippen molar-refractivity contribution in [1.82, 2.24) is 19.5 Å². The van der Waals surface area contributed by atoms with E-state index in [1.807, 2.05) is 50.4 Å². The van der Waals surface area contributed by atoms with Crippen LogP contribution in [-0.4, -0.2) is 25.4 Å². The van der Waals surface area contributed by atoms with Crippen molar-refractivity contribution in [3.8, 4) is 11.4 Å². The van der Waals surface area contributed by atoms with Crippen LogP contribution in [0.3, 0.4) is 0 Å². The minimum Gasteiger partial charge on any atom is -0.339 e. The topological polar surface area (TPSA) is 85.3 Å². The molecule has 7 heteroatoms. The molecule has 0 spiro atoms. The largest absolute Gasteiger partial charge is 0.339 e. The second-order valence-corrected chi connectivity index (χ2v) is 7.29. The fourth-order valence-corrected chi connectivity index (χ4v) is 3.18. The molecule has 0 atom stereocenters. The van der Waals surface area contributed by atoms with Gasteiger partial charge in [-0.1, -0.05) is 17.3 Å². The van der Waals surface area contributed by atoms with Crippen LogP contribution in [0.1, 0.15) is 46.3 Å². The number of pyridine rings is 1. The lowest BCUT2D eigenvalue weighted by atomic mass is 10.1. The molecule has 1 N–H and O–H groups in total. The molecule has 3 aromatic heterocycles. The maximum absolute atomic E-state index is 12.9. The van der Waals surface area contributed by atoms with Crippen LogP contribution < -0.4 is 5.32 Å². The maximum atomic E-state index is 12.9. The minimum absolute atomic E-state index is 0.219. The molecule has 5 rings (SSSR count). The summed E-state index contributed by atoms with van der Waals surface area (Å²) in [6.07, 6.45) is 5.66. The molecule has 0 radical (unpaired) electrons. The van der Waals surface area contributed by atoms with Crippen molar-refractivity contribution in [3.63, 3.8) is 0 Å². The highest BCUT2D eigenvalue weighted by atomic mass is 16.5. The predicted molar refractivity (Wildman–Crippen MR) is 104 cm³/mol. The summed E-state index contributed by atoms with van der Waals surface area (Å²) in [5.41, 5.74) is 4.80. The molecule has 1 fully saturated rings. The number of fused-ring (bicyclic) bond motifs is 1. The number of hydrogen-bond acceptors (Lipinski definition) is 5. The Labute approximate surface area is 161 Å². The van der Waals surface area contributed by atoms with Crippen molar-refractivity contribution in [2.75, 3.05) is 5.32 Å². The third kappa shape index (κ3) is 2.94. The van der Waals surface area contributed by atoms with Crippen molar-refractivity contribution in [2.45, 2.75) is 32.6 Å². The Hall–Kier alpha value is -3.48. The fourth-order valence-electron chi connectivity index (χ4n) is 3.18. The molecular weight excluding hydrogens is 354 g/mol. The molecule has 1 aliphatic carbocycles. The molecule has 7 nitrogen and oxygen atoms in total. The Morgan fingerprint density at radius 3 is 2.89 bits per heavy atom.